The summed E-state index contributed by atoms with van der Waals surface area (Å²) in [6.45, 7) is 1.35. The van der Waals surface area contributed by atoms with E-state index in [2.05, 4.69) is 21.0 Å². The van der Waals surface area contributed by atoms with Gasteiger partial charge < -0.3 is 10.1 Å². The normalized spacial score (nSPS) is 13.8. The van der Waals surface area contributed by atoms with Crippen LogP contribution >= 0.6 is 23.1 Å². The van der Waals surface area contributed by atoms with Crippen LogP contribution in [0.4, 0.5) is 5.69 Å². The van der Waals surface area contributed by atoms with Crippen molar-refractivity contribution in [2.75, 3.05) is 11.9 Å². The number of fused-ring (bicyclic) bond motifs is 1. The Kier molecular flexibility index (Phi) is 3.34. The Morgan fingerprint density at radius 3 is 3.22 bits per heavy atom. The molecule has 0 amide bonds. The van der Waals surface area contributed by atoms with Crippen molar-refractivity contribution in [1.29, 1.82) is 0 Å². The van der Waals surface area contributed by atoms with Crippen molar-refractivity contribution in [1.82, 2.24) is 9.59 Å². The van der Waals surface area contributed by atoms with E-state index in [4.69, 9.17) is 16.3 Å². The molecule has 3 rings (SSSR count). The highest BCUT2D eigenvalue weighted by atomic mass is 35.5. The average Bonchev–Trinajstić information content (AvgIpc) is 2.82. The number of hydrogen-bond acceptors (Lipinski definition) is 5. The third-order valence-corrected chi connectivity index (χ3v) is 3.90. The zero-order valence-corrected chi connectivity index (χ0v) is 11.2. The standard InChI is InChI=1S/C12H12ClN3OS/c13-12-9(15-16-18-12)7-17-10-5-1-3-8-4-2-6-14-11(8)10/h1,3,5,14H,2,4,6-7H2. The van der Waals surface area contributed by atoms with Crippen LogP contribution in [0.15, 0.2) is 18.2 Å². The van der Waals surface area contributed by atoms with Crippen LogP contribution in [-0.2, 0) is 13.0 Å². The van der Waals surface area contributed by atoms with Crippen LogP contribution < -0.4 is 10.1 Å². The summed E-state index contributed by atoms with van der Waals surface area (Å²) in [6, 6.07) is 6.11. The molecule has 94 valence electrons. The first-order valence-electron chi connectivity index (χ1n) is 5.80. The van der Waals surface area contributed by atoms with Gasteiger partial charge in [0.25, 0.3) is 0 Å². The second kappa shape index (κ2) is 5.12. The monoisotopic (exact) mass is 281 g/mol. The fourth-order valence-electron chi connectivity index (χ4n) is 2.03. The minimum absolute atomic E-state index is 0.355. The summed E-state index contributed by atoms with van der Waals surface area (Å²) in [4.78, 5) is 0. The van der Waals surface area contributed by atoms with Crippen LogP contribution in [0.5, 0.6) is 5.75 Å². The molecule has 0 saturated carbocycles. The lowest BCUT2D eigenvalue weighted by Crippen LogP contribution is -2.13. The Morgan fingerprint density at radius 1 is 1.44 bits per heavy atom. The molecular weight excluding hydrogens is 270 g/mol. The quantitative estimate of drug-likeness (QED) is 0.939. The number of nitrogens with one attached hydrogen (secondary N) is 1. The third kappa shape index (κ3) is 2.28. The van der Waals surface area contributed by atoms with Crippen LogP contribution in [0.25, 0.3) is 0 Å². The molecule has 1 aliphatic heterocycles. The van der Waals surface area contributed by atoms with Crippen LogP contribution in [0.2, 0.25) is 4.34 Å². The number of aryl methyl sites for hydroxylation is 1. The van der Waals surface area contributed by atoms with Gasteiger partial charge in [0.15, 0.2) is 0 Å². The number of halogens is 1. The van der Waals surface area contributed by atoms with Gasteiger partial charge in [0.05, 0.1) is 5.69 Å². The summed E-state index contributed by atoms with van der Waals surface area (Å²) in [5, 5.41) is 7.32. The van der Waals surface area contributed by atoms with Crippen LogP contribution in [0.3, 0.4) is 0 Å². The SMILES string of the molecule is Clc1snnc1COc1cccc2c1NCCC2. The molecule has 1 aromatic heterocycles. The number of rotatable bonds is 3. The zero-order valence-electron chi connectivity index (χ0n) is 9.65. The minimum Gasteiger partial charge on any atom is -0.485 e. The maximum atomic E-state index is 5.95. The van der Waals surface area contributed by atoms with Gasteiger partial charge in [-0.05, 0) is 24.5 Å². The molecule has 1 N–H and O–H groups in total. The molecule has 0 aliphatic carbocycles. The number of hydrogen-bond donors (Lipinski definition) is 1. The second-order valence-electron chi connectivity index (χ2n) is 4.10. The summed E-state index contributed by atoms with van der Waals surface area (Å²) in [7, 11) is 0. The maximum Gasteiger partial charge on any atom is 0.143 e. The molecule has 1 aliphatic rings. The van der Waals surface area contributed by atoms with Crippen LogP contribution in [0, 0.1) is 0 Å². The highest BCUT2D eigenvalue weighted by Gasteiger charge is 2.14. The molecular formula is C12H12ClN3OS. The van der Waals surface area contributed by atoms with Gasteiger partial charge in [-0.1, -0.05) is 28.2 Å². The minimum atomic E-state index is 0.355. The van der Waals surface area contributed by atoms with Crippen molar-refractivity contribution in [3.05, 3.63) is 33.8 Å². The Bertz CT molecular complexity index is 558. The Hall–Kier alpha value is -1.33. The smallest absolute Gasteiger partial charge is 0.143 e. The highest BCUT2D eigenvalue weighted by molar-refractivity contribution is 7.10. The van der Waals surface area contributed by atoms with Gasteiger partial charge in [0, 0.05) is 18.1 Å². The second-order valence-corrected chi connectivity index (χ2v) is 5.46. The summed E-state index contributed by atoms with van der Waals surface area (Å²) in [6.07, 6.45) is 2.26. The molecule has 4 nitrogen and oxygen atoms in total. The molecule has 0 saturated heterocycles. The summed E-state index contributed by atoms with van der Waals surface area (Å²) in [5.74, 6) is 0.858. The number of aromatic nitrogens is 2. The van der Waals surface area contributed by atoms with Gasteiger partial charge in [0.2, 0.25) is 0 Å². The molecule has 0 fully saturated rings. The van der Waals surface area contributed by atoms with E-state index in [1.165, 1.54) is 17.1 Å². The predicted molar refractivity (Wildman–Crippen MR) is 72.5 cm³/mol. The number of ether oxygens (including phenoxy) is 1. The Labute approximate surface area is 114 Å². The molecule has 2 aromatic rings. The first-order valence-corrected chi connectivity index (χ1v) is 6.95. The van der Waals surface area contributed by atoms with Gasteiger partial charge in [0.1, 0.15) is 22.4 Å². The Balaban J connectivity index is 1.79. The van der Waals surface area contributed by atoms with Gasteiger partial charge in [-0.3, -0.25) is 0 Å². The van der Waals surface area contributed by atoms with Crippen molar-refractivity contribution >= 4 is 28.8 Å². The lowest BCUT2D eigenvalue weighted by Gasteiger charge is -2.20. The van der Waals surface area contributed by atoms with E-state index in [-0.39, 0.29) is 0 Å². The number of benzene rings is 1. The Morgan fingerprint density at radius 2 is 2.39 bits per heavy atom. The molecule has 1 aromatic carbocycles. The molecule has 0 bridgehead atoms. The number of para-hydroxylation sites is 1. The zero-order chi connectivity index (χ0) is 12.4. The van der Waals surface area contributed by atoms with E-state index < -0.39 is 0 Å². The van der Waals surface area contributed by atoms with Crippen LogP contribution in [-0.4, -0.2) is 16.1 Å². The first kappa shape index (κ1) is 11.7. The fraction of sp³-hybridized carbons (Fsp3) is 0.333. The van der Waals surface area contributed by atoms with Crippen molar-refractivity contribution < 1.29 is 4.74 Å². The van der Waals surface area contributed by atoms with E-state index >= 15 is 0 Å². The lowest BCUT2D eigenvalue weighted by atomic mass is 10.0. The summed E-state index contributed by atoms with van der Waals surface area (Å²) < 4.78 is 10.2. The third-order valence-electron chi connectivity index (χ3n) is 2.91. The summed E-state index contributed by atoms with van der Waals surface area (Å²) >= 11 is 7.12. The molecule has 0 spiro atoms. The van der Waals surface area contributed by atoms with Crippen molar-refractivity contribution in [2.24, 2.45) is 0 Å². The van der Waals surface area contributed by atoms with Gasteiger partial charge >= 0.3 is 0 Å². The molecule has 2 heterocycles. The predicted octanol–water partition coefficient (Wildman–Crippen LogP) is 3.13. The van der Waals surface area contributed by atoms with Gasteiger partial charge in [-0.25, -0.2) is 0 Å². The maximum absolute atomic E-state index is 5.95. The van der Waals surface area contributed by atoms with Crippen LogP contribution in [0.1, 0.15) is 17.7 Å². The average molecular weight is 282 g/mol. The van der Waals surface area contributed by atoms with Crippen molar-refractivity contribution in [3.8, 4) is 5.75 Å². The van der Waals surface area contributed by atoms with Crippen molar-refractivity contribution in [3.63, 3.8) is 0 Å². The van der Waals surface area contributed by atoms with E-state index in [0.717, 1.165) is 30.8 Å². The first-order chi connectivity index (χ1) is 8.84. The summed E-state index contributed by atoms with van der Waals surface area (Å²) in [5.41, 5.74) is 3.10. The van der Waals surface area contributed by atoms with Gasteiger partial charge in [-0.2, -0.15) is 0 Å². The largest absolute Gasteiger partial charge is 0.485 e. The fourth-order valence-corrected chi connectivity index (χ4v) is 2.63. The van der Waals surface area contributed by atoms with E-state index in [1.807, 2.05) is 12.1 Å². The number of anilines is 1. The molecule has 0 atom stereocenters. The number of nitrogens with zero attached hydrogens (tertiary/aromatic N) is 2. The molecule has 6 heteroatoms. The molecule has 0 radical (unpaired) electrons. The van der Waals surface area contributed by atoms with Crippen molar-refractivity contribution in [2.45, 2.75) is 19.4 Å². The molecule has 18 heavy (non-hydrogen) atoms. The van der Waals surface area contributed by atoms with E-state index in [9.17, 15) is 0 Å². The lowest BCUT2D eigenvalue weighted by molar-refractivity contribution is 0.302. The topological polar surface area (TPSA) is 47.0 Å². The van der Waals surface area contributed by atoms with E-state index in [1.54, 1.807) is 0 Å². The van der Waals surface area contributed by atoms with E-state index in [0.29, 0.717) is 16.6 Å². The van der Waals surface area contributed by atoms with Gasteiger partial charge in [-0.15, -0.1) is 5.10 Å². The highest BCUT2D eigenvalue weighted by Crippen LogP contribution is 2.32. The molecule has 0 unspecified atom stereocenters.